The molecule has 1 aliphatic heterocycles. The fourth-order valence-corrected chi connectivity index (χ4v) is 4.83. The number of halogens is 1. The topological polar surface area (TPSA) is 51.0 Å². The van der Waals surface area contributed by atoms with E-state index in [2.05, 4.69) is 33.8 Å². The van der Waals surface area contributed by atoms with Crippen LogP contribution < -0.4 is 4.90 Å². The van der Waals surface area contributed by atoms with Gasteiger partial charge >= 0.3 is 0 Å². The Morgan fingerprint density at radius 1 is 1.20 bits per heavy atom. The summed E-state index contributed by atoms with van der Waals surface area (Å²) in [5, 5.41) is 9.44. The summed E-state index contributed by atoms with van der Waals surface area (Å²) < 4.78 is 15.7. The molecule has 2 heterocycles. The molecule has 156 valence electrons. The van der Waals surface area contributed by atoms with Crippen LogP contribution in [-0.4, -0.2) is 32.5 Å². The van der Waals surface area contributed by atoms with E-state index in [1.54, 1.807) is 6.07 Å². The second-order valence-corrected chi connectivity index (χ2v) is 8.46. The van der Waals surface area contributed by atoms with Gasteiger partial charge in [-0.1, -0.05) is 42.1 Å². The number of nitrogens with zero attached hydrogens (tertiary/aromatic N) is 4. The predicted molar refractivity (Wildman–Crippen MR) is 117 cm³/mol. The van der Waals surface area contributed by atoms with Crippen LogP contribution in [0.4, 0.5) is 10.1 Å². The van der Waals surface area contributed by atoms with Crippen LogP contribution in [0.25, 0.3) is 0 Å². The molecule has 0 aliphatic carbocycles. The van der Waals surface area contributed by atoms with Crippen molar-refractivity contribution in [3.05, 3.63) is 71.3 Å². The van der Waals surface area contributed by atoms with Crippen LogP contribution in [0.1, 0.15) is 37.2 Å². The first kappa shape index (κ1) is 20.6. The number of carbonyl (C=O) groups is 1. The van der Waals surface area contributed by atoms with Crippen LogP contribution in [0.5, 0.6) is 0 Å². The average molecular weight is 425 g/mol. The summed E-state index contributed by atoms with van der Waals surface area (Å²) in [6, 6.07) is 14.9. The van der Waals surface area contributed by atoms with Gasteiger partial charge < -0.3 is 9.47 Å². The summed E-state index contributed by atoms with van der Waals surface area (Å²) in [6.45, 7) is 4.84. The predicted octanol–water partition coefficient (Wildman–Crippen LogP) is 4.49. The van der Waals surface area contributed by atoms with Crippen LogP contribution in [0.3, 0.4) is 0 Å². The number of fused-ring (bicyclic) bond motifs is 1. The zero-order chi connectivity index (χ0) is 21.1. The molecule has 0 spiro atoms. The normalized spacial score (nSPS) is 15.8. The molecule has 30 heavy (non-hydrogen) atoms. The minimum absolute atomic E-state index is 0.00956. The van der Waals surface area contributed by atoms with E-state index in [1.165, 1.54) is 29.5 Å². The van der Waals surface area contributed by atoms with Gasteiger partial charge in [0.25, 0.3) is 0 Å². The minimum Gasteiger partial charge on any atom is -0.309 e. The number of benzene rings is 2. The number of aromatic nitrogens is 3. The van der Waals surface area contributed by atoms with Crippen molar-refractivity contribution in [1.82, 2.24) is 14.8 Å². The van der Waals surface area contributed by atoms with Crippen LogP contribution in [0.2, 0.25) is 0 Å². The molecular weight excluding hydrogens is 399 g/mol. The van der Waals surface area contributed by atoms with E-state index in [4.69, 9.17) is 0 Å². The number of anilines is 1. The fraction of sp³-hybridized carbons (Fsp3) is 0.348. The number of amides is 1. The highest BCUT2D eigenvalue weighted by Crippen LogP contribution is 2.32. The van der Waals surface area contributed by atoms with E-state index in [1.807, 2.05) is 30.0 Å². The Bertz CT molecular complexity index is 1040. The van der Waals surface area contributed by atoms with Crippen molar-refractivity contribution >= 4 is 23.4 Å². The third kappa shape index (κ3) is 4.26. The van der Waals surface area contributed by atoms with Gasteiger partial charge in [0.15, 0.2) is 5.16 Å². The van der Waals surface area contributed by atoms with Gasteiger partial charge in [-0.05, 0) is 56.0 Å². The second-order valence-electron chi connectivity index (χ2n) is 7.52. The van der Waals surface area contributed by atoms with Crippen molar-refractivity contribution in [3.63, 3.8) is 0 Å². The zero-order valence-corrected chi connectivity index (χ0v) is 18.0. The lowest BCUT2D eigenvalue weighted by atomic mass is 9.96. The second kappa shape index (κ2) is 9.00. The summed E-state index contributed by atoms with van der Waals surface area (Å²) in [5.74, 6) is 0.915. The smallest absolute Gasteiger partial charge is 0.237 e. The minimum atomic E-state index is -0.257. The molecule has 1 aliphatic rings. The molecule has 0 N–H and O–H groups in total. The molecule has 0 fully saturated rings. The molecule has 4 rings (SSSR count). The van der Waals surface area contributed by atoms with E-state index in [9.17, 15) is 9.18 Å². The van der Waals surface area contributed by atoms with E-state index in [0.29, 0.717) is 6.42 Å². The number of thioether (sulfide) groups is 1. The molecule has 1 aromatic heterocycles. The lowest BCUT2D eigenvalue weighted by Crippen LogP contribution is -2.43. The molecule has 0 saturated carbocycles. The molecule has 7 heteroatoms. The molecule has 3 aromatic rings. The van der Waals surface area contributed by atoms with E-state index >= 15 is 0 Å². The van der Waals surface area contributed by atoms with E-state index in [-0.39, 0.29) is 23.5 Å². The lowest BCUT2D eigenvalue weighted by Gasteiger charge is -2.35. The van der Waals surface area contributed by atoms with E-state index < -0.39 is 0 Å². The highest BCUT2D eigenvalue weighted by Gasteiger charge is 2.28. The van der Waals surface area contributed by atoms with Crippen molar-refractivity contribution < 1.29 is 9.18 Å². The number of rotatable bonds is 6. The first-order valence-corrected chi connectivity index (χ1v) is 11.2. The number of aryl methyl sites for hydroxylation is 1. The van der Waals surface area contributed by atoms with Gasteiger partial charge in [0, 0.05) is 24.7 Å². The molecular formula is C23H25FN4OS. The van der Waals surface area contributed by atoms with E-state index in [0.717, 1.165) is 41.6 Å². The maximum Gasteiger partial charge on any atom is 0.237 e. The lowest BCUT2D eigenvalue weighted by molar-refractivity contribution is -0.116. The molecule has 1 unspecified atom stereocenters. The number of carbonyl (C=O) groups excluding carboxylic acids is 1. The maximum absolute atomic E-state index is 13.6. The molecule has 1 atom stereocenters. The van der Waals surface area contributed by atoms with Gasteiger partial charge in [-0.2, -0.15) is 0 Å². The van der Waals surface area contributed by atoms with Gasteiger partial charge in [-0.3, -0.25) is 4.79 Å². The summed E-state index contributed by atoms with van der Waals surface area (Å²) in [6.07, 6.45) is 2.33. The van der Waals surface area contributed by atoms with Crippen molar-refractivity contribution in [2.75, 3.05) is 10.7 Å². The van der Waals surface area contributed by atoms with Crippen molar-refractivity contribution in [1.29, 1.82) is 0 Å². The van der Waals surface area contributed by atoms with Crippen LogP contribution in [0.15, 0.2) is 53.7 Å². The number of hydrogen-bond acceptors (Lipinski definition) is 4. The third-order valence-corrected chi connectivity index (χ3v) is 6.43. The first-order valence-electron chi connectivity index (χ1n) is 10.3. The Morgan fingerprint density at radius 3 is 2.77 bits per heavy atom. The molecule has 0 radical (unpaired) electrons. The molecule has 5 nitrogen and oxygen atoms in total. The Morgan fingerprint density at radius 2 is 2.00 bits per heavy atom. The largest absolute Gasteiger partial charge is 0.309 e. The molecule has 2 aromatic carbocycles. The highest BCUT2D eigenvalue weighted by atomic mass is 32.2. The number of hydrogen-bond donors (Lipinski definition) is 0. The van der Waals surface area contributed by atoms with Gasteiger partial charge in [-0.15, -0.1) is 10.2 Å². The Balaban J connectivity index is 1.48. The highest BCUT2D eigenvalue weighted by molar-refractivity contribution is 7.99. The molecule has 1 amide bonds. The SMILES string of the molecule is CCn1c(Cc2ccccc2)nnc1SCC(=O)N1c2ccc(F)cc2CCC1C. The average Bonchev–Trinajstić information content (AvgIpc) is 3.14. The van der Waals surface area contributed by atoms with Crippen LogP contribution in [0, 0.1) is 5.82 Å². The molecule has 0 saturated heterocycles. The zero-order valence-electron chi connectivity index (χ0n) is 17.2. The summed E-state index contributed by atoms with van der Waals surface area (Å²) in [7, 11) is 0. The van der Waals surface area contributed by atoms with Gasteiger partial charge in [0.05, 0.1) is 5.75 Å². The van der Waals surface area contributed by atoms with Crippen LogP contribution >= 0.6 is 11.8 Å². The van der Waals surface area contributed by atoms with Gasteiger partial charge in [-0.25, -0.2) is 4.39 Å². The van der Waals surface area contributed by atoms with Crippen molar-refractivity contribution in [3.8, 4) is 0 Å². The quantitative estimate of drug-likeness (QED) is 0.547. The Hall–Kier alpha value is -2.67. The summed E-state index contributed by atoms with van der Waals surface area (Å²) in [5.41, 5.74) is 2.90. The standard InChI is InChI=1S/C23H25FN4OS/c1-3-27-21(13-17-7-5-4-6-8-17)25-26-23(27)30-15-22(29)28-16(2)9-10-18-14-19(24)11-12-20(18)28/h4-8,11-12,14,16H,3,9-10,13,15H2,1-2H3. The Kier molecular flexibility index (Phi) is 6.18. The van der Waals surface area contributed by atoms with Crippen LogP contribution in [-0.2, 0) is 24.2 Å². The summed E-state index contributed by atoms with van der Waals surface area (Å²) in [4.78, 5) is 14.9. The van der Waals surface area contributed by atoms with Crippen molar-refractivity contribution in [2.45, 2.75) is 50.9 Å². The maximum atomic E-state index is 13.6. The third-order valence-electron chi connectivity index (χ3n) is 5.48. The van der Waals surface area contributed by atoms with Crippen molar-refractivity contribution in [2.24, 2.45) is 0 Å². The summed E-state index contributed by atoms with van der Waals surface area (Å²) >= 11 is 1.41. The molecule has 0 bridgehead atoms. The van der Waals surface area contributed by atoms with Gasteiger partial charge in [0.1, 0.15) is 11.6 Å². The first-order chi connectivity index (χ1) is 14.6. The Labute approximate surface area is 180 Å². The monoisotopic (exact) mass is 424 g/mol. The van der Waals surface area contributed by atoms with Gasteiger partial charge in [0.2, 0.25) is 5.91 Å². The fourth-order valence-electron chi connectivity index (χ4n) is 3.95.